The lowest BCUT2D eigenvalue weighted by Gasteiger charge is -2.35. The van der Waals surface area contributed by atoms with E-state index < -0.39 is 6.04 Å². The zero-order valence-electron chi connectivity index (χ0n) is 15.5. The maximum atomic E-state index is 12.9. The molecule has 1 aromatic carbocycles. The smallest absolute Gasteiger partial charge is 0.249 e. The summed E-state index contributed by atoms with van der Waals surface area (Å²) in [7, 11) is 0. The van der Waals surface area contributed by atoms with Gasteiger partial charge in [-0.25, -0.2) is 0 Å². The van der Waals surface area contributed by atoms with Crippen molar-refractivity contribution in [3.63, 3.8) is 0 Å². The van der Waals surface area contributed by atoms with Crippen molar-refractivity contribution in [2.24, 2.45) is 5.92 Å². The Morgan fingerprint density at radius 3 is 2.50 bits per heavy atom. The average Bonchev–Trinajstić information content (AvgIpc) is 2.69. The number of likely N-dealkylation sites (tertiary alicyclic amines) is 1. The summed E-state index contributed by atoms with van der Waals surface area (Å²) in [5.41, 5.74) is 0.603. The van der Waals surface area contributed by atoms with E-state index in [1.165, 1.54) is 6.08 Å². The molecule has 28 heavy (non-hydrogen) atoms. The molecule has 0 saturated carbocycles. The van der Waals surface area contributed by atoms with Gasteiger partial charge in [-0.3, -0.25) is 14.4 Å². The topological polar surface area (TPSA) is 69.7 Å². The van der Waals surface area contributed by atoms with Gasteiger partial charge < -0.3 is 15.1 Å². The lowest BCUT2D eigenvalue weighted by atomic mass is 9.94. The van der Waals surface area contributed by atoms with Gasteiger partial charge in [-0.05, 0) is 50.0 Å². The number of carbonyl (C=O) groups is 3. The lowest BCUT2D eigenvalue weighted by molar-refractivity contribution is -0.134. The van der Waals surface area contributed by atoms with Crippen LogP contribution in [0, 0.1) is 5.92 Å². The van der Waals surface area contributed by atoms with E-state index in [1.807, 2.05) is 0 Å². The summed E-state index contributed by atoms with van der Waals surface area (Å²) in [6, 6.07) is 4.45. The molecule has 0 aromatic heterocycles. The van der Waals surface area contributed by atoms with Crippen molar-refractivity contribution in [3.8, 4) is 0 Å². The highest BCUT2D eigenvalue weighted by Gasteiger charge is 2.34. The molecule has 1 N–H and O–H groups in total. The zero-order valence-corrected chi connectivity index (χ0v) is 17.0. The van der Waals surface area contributed by atoms with Crippen LogP contribution in [0.5, 0.6) is 0 Å². The first-order chi connectivity index (χ1) is 13.4. The third-order valence-electron chi connectivity index (χ3n) is 5.31. The van der Waals surface area contributed by atoms with E-state index in [1.54, 1.807) is 28.0 Å². The maximum Gasteiger partial charge on any atom is 0.249 e. The van der Waals surface area contributed by atoms with Crippen molar-refractivity contribution in [2.75, 3.05) is 24.5 Å². The molecule has 2 saturated heterocycles. The molecular weight excluding hydrogens is 401 g/mol. The Labute approximate surface area is 174 Å². The van der Waals surface area contributed by atoms with Gasteiger partial charge in [-0.1, -0.05) is 29.8 Å². The molecular formula is C20H23Cl2N3O3. The summed E-state index contributed by atoms with van der Waals surface area (Å²) in [6.07, 6.45) is 3.82. The minimum atomic E-state index is -0.569. The van der Waals surface area contributed by atoms with Gasteiger partial charge in [0.15, 0.2) is 0 Å². The number of halogens is 2. The average molecular weight is 424 g/mol. The number of hydrogen-bond acceptors (Lipinski definition) is 3. The van der Waals surface area contributed by atoms with Crippen LogP contribution in [-0.4, -0.2) is 48.3 Å². The Kier molecular flexibility index (Phi) is 6.62. The van der Waals surface area contributed by atoms with Gasteiger partial charge in [0.05, 0.1) is 10.7 Å². The molecule has 0 aliphatic carbocycles. The highest BCUT2D eigenvalue weighted by Crippen LogP contribution is 2.31. The Balaban J connectivity index is 1.61. The molecule has 150 valence electrons. The molecule has 2 heterocycles. The largest absolute Gasteiger partial charge is 0.344 e. The summed E-state index contributed by atoms with van der Waals surface area (Å²) in [6.45, 7) is 5.08. The van der Waals surface area contributed by atoms with Crippen LogP contribution in [0.2, 0.25) is 10.0 Å². The summed E-state index contributed by atoms with van der Waals surface area (Å²) >= 11 is 12.2. The van der Waals surface area contributed by atoms with E-state index in [0.29, 0.717) is 54.6 Å². The number of piperidine rings is 2. The highest BCUT2D eigenvalue weighted by atomic mass is 35.5. The minimum Gasteiger partial charge on any atom is -0.344 e. The van der Waals surface area contributed by atoms with Crippen molar-refractivity contribution in [2.45, 2.75) is 31.7 Å². The predicted molar refractivity (Wildman–Crippen MR) is 109 cm³/mol. The molecule has 2 aliphatic rings. The van der Waals surface area contributed by atoms with Crippen molar-refractivity contribution in [3.05, 3.63) is 40.9 Å². The zero-order chi connectivity index (χ0) is 20.3. The van der Waals surface area contributed by atoms with E-state index in [9.17, 15) is 14.4 Å². The van der Waals surface area contributed by atoms with E-state index >= 15 is 0 Å². The number of carbonyl (C=O) groups excluding carboxylic acids is 3. The van der Waals surface area contributed by atoms with Crippen molar-refractivity contribution >= 4 is 46.6 Å². The van der Waals surface area contributed by atoms with Gasteiger partial charge >= 0.3 is 0 Å². The van der Waals surface area contributed by atoms with Gasteiger partial charge in [0.1, 0.15) is 6.04 Å². The fourth-order valence-electron chi connectivity index (χ4n) is 3.73. The molecule has 1 unspecified atom stereocenters. The van der Waals surface area contributed by atoms with Crippen LogP contribution < -0.4 is 10.2 Å². The van der Waals surface area contributed by atoms with E-state index in [-0.39, 0.29) is 23.6 Å². The van der Waals surface area contributed by atoms with Crippen LogP contribution in [0.3, 0.4) is 0 Å². The van der Waals surface area contributed by atoms with E-state index in [0.717, 1.165) is 6.42 Å². The van der Waals surface area contributed by atoms with Crippen molar-refractivity contribution < 1.29 is 14.4 Å². The Morgan fingerprint density at radius 2 is 1.86 bits per heavy atom. The number of anilines is 1. The molecule has 8 heteroatoms. The highest BCUT2D eigenvalue weighted by molar-refractivity contribution is 6.36. The Bertz CT molecular complexity index is 791. The second kappa shape index (κ2) is 8.97. The van der Waals surface area contributed by atoms with Crippen LogP contribution in [0.25, 0.3) is 0 Å². The summed E-state index contributed by atoms with van der Waals surface area (Å²) in [4.78, 5) is 40.5. The van der Waals surface area contributed by atoms with Crippen molar-refractivity contribution in [1.29, 1.82) is 0 Å². The summed E-state index contributed by atoms with van der Waals surface area (Å²) in [5, 5.41) is 3.82. The quantitative estimate of drug-likeness (QED) is 0.756. The standard InChI is InChI=1S/C20H23Cl2N3O3/c1-2-18(26)24-10-7-13(8-11-24)19(27)23-16-4-3-9-25(20(16)28)17-6-5-14(21)12-15(17)22/h2,5-6,12-13,16H,1,3-4,7-11H2,(H,23,27). The van der Waals surface area contributed by atoms with Crippen LogP contribution in [-0.2, 0) is 14.4 Å². The normalized spacial score (nSPS) is 20.8. The summed E-state index contributed by atoms with van der Waals surface area (Å²) < 4.78 is 0. The monoisotopic (exact) mass is 423 g/mol. The first-order valence-corrected chi connectivity index (χ1v) is 10.1. The number of amides is 3. The van der Waals surface area contributed by atoms with E-state index in [2.05, 4.69) is 11.9 Å². The molecule has 2 aliphatic heterocycles. The Morgan fingerprint density at radius 1 is 1.14 bits per heavy atom. The van der Waals surface area contributed by atoms with E-state index in [4.69, 9.17) is 23.2 Å². The number of hydrogen-bond donors (Lipinski definition) is 1. The molecule has 6 nitrogen and oxygen atoms in total. The predicted octanol–water partition coefficient (Wildman–Crippen LogP) is 3.03. The molecule has 3 amide bonds. The third kappa shape index (κ3) is 4.50. The maximum absolute atomic E-state index is 12.9. The van der Waals surface area contributed by atoms with Gasteiger partial charge in [0, 0.05) is 30.6 Å². The number of nitrogens with zero attached hydrogens (tertiary/aromatic N) is 2. The van der Waals surface area contributed by atoms with Crippen LogP contribution >= 0.6 is 23.2 Å². The molecule has 3 rings (SSSR count). The van der Waals surface area contributed by atoms with Crippen LogP contribution in [0.15, 0.2) is 30.9 Å². The summed E-state index contributed by atoms with van der Waals surface area (Å²) in [5.74, 6) is -0.607. The first-order valence-electron chi connectivity index (χ1n) is 9.39. The molecule has 0 spiro atoms. The molecule has 0 radical (unpaired) electrons. The molecule has 0 bridgehead atoms. The lowest BCUT2D eigenvalue weighted by Crippen LogP contribution is -2.54. The first kappa shape index (κ1) is 20.7. The molecule has 2 fully saturated rings. The van der Waals surface area contributed by atoms with Gasteiger partial charge in [-0.2, -0.15) is 0 Å². The fourth-order valence-corrected chi connectivity index (χ4v) is 4.24. The van der Waals surface area contributed by atoms with Crippen molar-refractivity contribution in [1.82, 2.24) is 10.2 Å². The molecule has 1 atom stereocenters. The fraction of sp³-hybridized carbons (Fsp3) is 0.450. The van der Waals surface area contributed by atoms with Crippen LogP contribution in [0.1, 0.15) is 25.7 Å². The molecule has 1 aromatic rings. The number of nitrogens with one attached hydrogen (secondary N) is 1. The number of benzene rings is 1. The third-order valence-corrected chi connectivity index (χ3v) is 5.85. The van der Waals surface area contributed by atoms with Gasteiger partial charge in [0.2, 0.25) is 17.7 Å². The second-order valence-corrected chi connectivity index (χ2v) is 7.94. The number of rotatable bonds is 4. The Hall–Kier alpha value is -2.05. The minimum absolute atomic E-state index is 0.114. The van der Waals surface area contributed by atoms with Crippen LogP contribution in [0.4, 0.5) is 5.69 Å². The van der Waals surface area contributed by atoms with Gasteiger partial charge in [-0.15, -0.1) is 0 Å². The SMILES string of the molecule is C=CC(=O)N1CCC(C(=O)NC2CCCN(c3ccc(Cl)cc3Cl)C2=O)CC1. The second-order valence-electron chi connectivity index (χ2n) is 7.09. The van der Waals surface area contributed by atoms with Gasteiger partial charge in [0.25, 0.3) is 0 Å².